The first-order valence-electron chi connectivity index (χ1n) is 8.66. The van der Waals surface area contributed by atoms with E-state index in [-0.39, 0.29) is 11.4 Å². The summed E-state index contributed by atoms with van der Waals surface area (Å²) in [6, 6.07) is 17.4. The number of pyridine rings is 2. The number of aryl methyl sites for hydroxylation is 1. The fourth-order valence-electron chi connectivity index (χ4n) is 2.74. The number of sulfonamides is 1. The zero-order valence-electron chi connectivity index (χ0n) is 15.1. The fraction of sp³-hybridized carbons (Fsp3) is 0.200. The lowest BCUT2D eigenvalue weighted by molar-refractivity contribution is 0.579. The van der Waals surface area contributed by atoms with E-state index in [0.29, 0.717) is 18.7 Å². The number of benzene rings is 1. The summed E-state index contributed by atoms with van der Waals surface area (Å²) in [7, 11) is -3.60. The Hall–Kier alpha value is -2.77. The molecule has 3 aromatic rings. The Morgan fingerprint density at radius 1 is 1.00 bits per heavy atom. The smallest absolute Gasteiger partial charge is 0.242 e. The highest BCUT2D eigenvalue weighted by Crippen LogP contribution is 2.15. The van der Waals surface area contributed by atoms with Crippen LogP contribution in [0.4, 0.5) is 5.82 Å². The molecule has 0 aliphatic rings. The first-order valence-corrected chi connectivity index (χ1v) is 10.1. The van der Waals surface area contributed by atoms with Gasteiger partial charge in [0.1, 0.15) is 10.7 Å². The van der Waals surface area contributed by atoms with Crippen LogP contribution in [0.25, 0.3) is 0 Å². The largest absolute Gasteiger partial charge is 0.351 e. The van der Waals surface area contributed by atoms with Crippen LogP contribution in [-0.4, -0.2) is 31.5 Å². The Morgan fingerprint density at radius 2 is 1.78 bits per heavy atom. The van der Waals surface area contributed by atoms with Gasteiger partial charge in [-0.2, -0.15) is 0 Å². The fourth-order valence-corrected chi connectivity index (χ4v) is 3.95. The average Bonchev–Trinajstić information content (AvgIpc) is 2.69. The molecule has 0 saturated heterocycles. The summed E-state index contributed by atoms with van der Waals surface area (Å²) in [6.45, 7) is 3.15. The lowest BCUT2D eigenvalue weighted by Gasteiger charge is -2.24. The van der Waals surface area contributed by atoms with Crippen LogP contribution in [0.3, 0.4) is 0 Å². The summed E-state index contributed by atoms with van der Waals surface area (Å²) >= 11 is 0. The van der Waals surface area contributed by atoms with E-state index in [1.54, 1.807) is 25.4 Å². The van der Waals surface area contributed by atoms with E-state index in [1.165, 1.54) is 6.20 Å². The number of hydrogen-bond donors (Lipinski definition) is 1. The van der Waals surface area contributed by atoms with E-state index in [2.05, 4.69) is 14.7 Å². The topological polar surface area (TPSA) is 75.2 Å². The van der Waals surface area contributed by atoms with Gasteiger partial charge in [0.15, 0.2) is 0 Å². The van der Waals surface area contributed by atoms with Gasteiger partial charge in [0.2, 0.25) is 10.0 Å². The van der Waals surface area contributed by atoms with Crippen LogP contribution in [-0.2, 0) is 16.6 Å². The van der Waals surface area contributed by atoms with E-state index < -0.39 is 10.0 Å². The van der Waals surface area contributed by atoms with Crippen molar-refractivity contribution in [1.82, 2.24) is 14.7 Å². The third-order valence-corrected chi connectivity index (χ3v) is 5.73. The Kier molecular flexibility index (Phi) is 6.16. The highest BCUT2D eigenvalue weighted by Gasteiger charge is 2.17. The number of aromatic nitrogens is 2. The SMILES string of the molecule is Cc1ccncc1S(=O)(=O)NCCN(Cc1ccccc1)c1ccccn1. The number of anilines is 1. The zero-order valence-corrected chi connectivity index (χ0v) is 15.9. The van der Waals surface area contributed by atoms with Gasteiger partial charge in [-0.05, 0) is 36.2 Å². The first kappa shape index (κ1) is 19.0. The molecule has 0 amide bonds. The molecule has 27 heavy (non-hydrogen) atoms. The van der Waals surface area contributed by atoms with Crippen molar-refractivity contribution in [2.75, 3.05) is 18.0 Å². The summed E-state index contributed by atoms with van der Waals surface area (Å²) in [4.78, 5) is 10.6. The van der Waals surface area contributed by atoms with E-state index in [0.717, 1.165) is 11.4 Å². The Morgan fingerprint density at radius 3 is 2.48 bits per heavy atom. The molecule has 1 aromatic carbocycles. The lowest BCUT2D eigenvalue weighted by Crippen LogP contribution is -2.35. The van der Waals surface area contributed by atoms with Gasteiger partial charge in [-0.1, -0.05) is 36.4 Å². The Balaban J connectivity index is 1.70. The summed E-state index contributed by atoms with van der Waals surface area (Å²) in [5.41, 5.74) is 1.80. The summed E-state index contributed by atoms with van der Waals surface area (Å²) in [5.74, 6) is 0.804. The maximum atomic E-state index is 12.5. The van der Waals surface area contributed by atoms with Gasteiger partial charge in [-0.3, -0.25) is 4.98 Å². The standard InChI is InChI=1S/C20H22N4O2S/c1-17-10-12-21-15-19(17)27(25,26)23-13-14-24(20-9-5-6-11-22-20)16-18-7-3-2-4-8-18/h2-12,15,23H,13-14,16H2,1H3. The molecule has 0 saturated carbocycles. The van der Waals surface area contributed by atoms with Crippen molar-refractivity contribution in [3.8, 4) is 0 Å². The molecule has 0 aliphatic heterocycles. The van der Waals surface area contributed by atoms with E-state index in [9.17, 15) is 8.42 Å². The van der Waals surface area contributed by atoms with Crippen LogP contribution in [0.5, 0.6) is 0 Å². The van der Waals surface area contributed by atoms with Crippen molar-refractivity contribution in [3.05, 3.63) is 84.3 Å². The van der Waals surface area contributed by atoms with Gasteiger partial charge in [0.25, 0.3) is 0 Å². The van der Waals surface area contributed by atoms with Crippen molar-refractivity contribution in [2.45, 2.75) is 18.4 Å². The maximum absolute atomic E-state index is 12.5. The predicted molar refractivity (Wildman–Crippen MR) is 106 cm³/mol. The van der Waals surface area contributed by atoms with E-state index in [4.69, 9.17) is 0 Å². The normalized spacial score (nSPS) is 11.3. The lowest BCUT2D eigenvalue weighted by atomic mass is 10.2. The molecule has 0 atom stereocenters. The van der Waals surface area contributed by atoms with E-state index >= 15 is 0 Å². The Bertz CT molecular complexity index is 964. The van der Waals surface area contributed by atoms with Crippen LogP contribution in [0.2, 0.25) is 0 Å². The zero-order chi connectivity index (χ0) is 19.1. The quantitative estimate of drug-likeness (QED) is 0.648. The predicted octanol–water partition coefficient (Wildman–Crippen LogP) is 2.77. The molecular weight excluding hydrogens is 360 g/mol. The molecule has 0 radical (unpaired) electrons. The van der Waals surface area contributed by atoms with Gasteiger partial charge in [0.05, 0.1) is 0 Å². The second kappa shape index (κ2) is 8.75. The molecule has 3 rings (SSSR count). The Labute approximate surface area is 160 Å². The van der Waals surface area contributed by atoms with Crippen LogP contribution in [0, 0.1) is 6.92 Å². The van der Waals surface area contributed by atoms with Gasteiger partial charge in [-0.25, -0.2) is 18.1 Å². The summed E-state index contributed by atoms with van der Waals surface area (Å²) in [5, 5.41) is 0. The monoisotopic (exact) mass is 382 g/mol. The number of rotatable bonds is 8. The number of nitrogens with zero attached hydrogens (tertiary/aromatic N) is 3. The third-order valence-electron chi connectivity index (χ3n) is 4.14. The molecule has 0 aliphatic carbocycles. The van der Waals surface area contributed by atoms with E-state index in [1.807, 2.05) is 53.4 Å². The molecule has 0 spiro atoms. The minimum atomic E-state index is -3.60. The van der Waals surface area contributed by atoms with Gasteiger partial charge < -0.3 is 4.90 Å². The van der Waals surface area contributed by atoms with Crippen molar-refractivity contribution in [3.63, 3.8) is 0 Å². The van der Waals surface area contributed by atoms with Gasteiger partial charge in [-0.15, -0.1) is 0 Å². The van der Waals surface area contributed by atoms with Crippen LogP contribution < -0.4 is 9.62 Å². The number of nitrogens with one attached hydrogen (secondary N) is 1. The average molecular weight is 382 g/mol. The molecule has 1 N–H and O–H groups in total. The minimum absolute atomic E-state index is 0.206. The highest BCUT2D eigenvalue weighted by atomic mass is 32.2. The minimum Gasteiger partial charge on any atom is -0.351 e. The van der Waals surface area contributed by atoms with Crippen LogP contribution >= 0.6 is 0 Å². The van der Waals surface area contributed by atoms with Gasteiger partial charge >= 0.3 is 0 Å². The second-order valence-corrected chi connectivity index (χ2v) is 7.87. The molecule has 0 unspecified atom stereocenters. The third kappa shape index (κ3) is 5.12. The van der Waals surface area contributed by atoms with Crippen molar-refractivity contribution < 1.29 is 8.42 Å². The second-order valence-electron chi connectivity index (χ2n) is 6.13. The van der Waals surface area contributed by atoms with Crippen molar-refractivity contribution >= 4 is 15.8 Å². The molecule has 7 heteroatoms. The van der Waals surface area contributed by atoms with Crippen LogP contribution in [0.15, 0.2) is 78.1 Å². The van der Waals surface area contributed by atoms with Crippen LogP contribution in [0.1, 0.15) is 11.1 Å². The number of hydrogen-bond acceptors (Lipinski definition) is 5. The van der Waals surface area contributed by atoms with Crippen molar-refractivity contribution in [1.29, 1.82) is 0 Å². The summed E-state index contributed by atoms with van der Waals surface area (Å²) in [6.07, 6.45) is 4.69. The van der Waals surface area contributed by atoms with Crippen molar-refractivity contribution in [2.24, 2.45) is 0 Å². The molecule has 2 aromatic heterocycles. The van der Waals surface area contributed by atoms with Gasteiger partial charge in [0, 0.05) is 38.2 Å². The molecule has 0 bridgehead atoms. The molecule has 6 nitrogen and oxygen atoms in total. The molecule has 0 fully saturated rings. The first-order chi connectivity index (χ1) is 13.1. The molecule has 140 valence electrons. The summed E-state index contributed by atoms with van der Waals surface area (Å²) < 4.78 is 27.8. The highest BCUT2D eigenvalue weighted by molar-refractivity contribution is 7.89. The molecular formula is C20H22N4O2S. The maximum Gasteiger partial charge on any atom is 0.242 e. The molecule has 2 heterocycles.